The minimum absolute atomic E-state index is 0.0784. The SMILES string of the molecule is CCN(CC(N)=O)Cc1c(C(=O)O)oc2ccccc12. The van der Waals surface area contributed by atoms with Gasteiger partial charge in [-0.05, 0) is 12.6 Å². The number of amides is 1. The van der Waals surface area contributed by atoms with Crippen LogP contribution in [-0.2, 0) is 11.3 Å². The number of fused-ring (bicyclic) bond motifs is 1. The van der Waals surface area contributed by atoms with E-state index in [-0.39, 0.29) is 12.3 Å². The molecule has 0 atom stereocenters. The Kier molecular flexibility index (Phi) is 4.05. The topological polar surface area (TPSA) is 96.8 Å². The van der Waals surface area contributed by atoms with Crippen molar-refractivity contribution in [3.63, 3.8) is 0 Å². The molecule has 0 fully saturated rings. The summed E-state index contributed by atoms with van der Waals surface area (Å²) in [5.74, 6) is -1.66. The van der Waals surface area contributed by atoms with Crippen LogP contribution in [0.2, 0.25) is 0 Å². The molecule has 0 bridgehead atoms. The summed E-state index contributed by atoms with van der Waals surface area (Å²) in [6.45, 7) is 2.85. The standard InChI is InChI=1S/C14H16N2O4/c1-2-16(8-12(15)17)7-10-9-5-3-4-6-11(9)20-13(10)14(18)19/h3-6H,2,7-8H2,1H3,(H2,15,17)(H,18,19). The molecule has 3 N–H and O–H groups in total. The number of carbonyl (C=O) groups is 2. The predicted octanol–water partition coefficient (Wildman–Crippen LogP) is 1.44. The number of primary amides is 1. The second-order valence-electron chi connectivity index (χ2n) is 4.48. The van der Waals surface area contributed by atoms with E-state index in [2.05, 4.69) is 0 Å². The van der Waals surface area contributed by atoms with Crippen molar-refractivity contribution < 1.29 is 19.1 Å². The molecular formula is C14H16N2O4. The maximum atomic E-state index is 11.3. The number of nitrogens with zero attached hydrogens (tertiary/aromatic N) is 1. The minimum Gasteiger partial charge on any atom is -0.475 e. The molecule has 0 aliphatic carbocycles. The van der Waals surface area contributed by atoms with Crippen molar-refractivity contribution in [1.29, 1.82) is 0 Å². The molecule has 0 aliphatic rings. The van der Waals surface area contributed by atoms with E-state index in [0.29, 0.717) is 24.2 Å². The Labute approximate surface area is 115 Å². The molecule has 0 spiro atoms. The van der Waals surface area contributed by atoms with E-state index in [1.165, 1.54) is 0 Å². The number of nitrogens with two attached hydrogens (primary N) is 1. The molecule has 1 heterocycles. The van der Waals surface area contributed by atoms with Gasteiger partial charge in [-0.1, -0.05) is 25.1 Å². The van der Waals surface area contributed by atoms with Crippen LogP contribution in [0.25, 0.3) is 11.0 Å². The number of benzene rings is 1. The average molecular weight is 276 g/mol. The second kappa shape index (κ2) is 5.75. The van der Waals surface area contributed by atoms with Crippen molar-refractivity contribution in [2.75, 3.05) is 13.1 Å². The van der Waals surface area contributed by atoms with Crippen molar-refractivity contribution >= 4 is 22.8 Å². The molecular weight excluding hydrogens is 260 g/mol. The molecule has 0 aliphatic heterocycles. The van der Waals surface area contributed by atoms with Gasteiger partial charge in [0.25, 0.3) is 0 Å². The maximum absolute atomic E-state index is 11.3. The number of carbonyl (C=O) groups excluding carboxylic acids is 1. The lowest BCUT2D eigenvalue weighted by Gasteiger charge is -2.18. The summed E-state index contributed by atoms with van der Waals surface area (Å²) in [5.41, 5.74) is 6.28. The summed E-state index contributed by atoms with van der Waals surface area (Å²) < 4.78 is 5.37. The van der Waals surface area contributed by atoms with Gasteiger partial charge in [0.2, 0.25) is 11.7 Å². The van der Waals surface area contributed by atoms with Crippen LogP contribution in [0.1, 0.15) is 23.0 Å². The molecule has 2 rings (SSSR count). The van der Waals surface area contributed by atoms with Crippen LogP contribution in [0.4, 0.5) is 0 Å². The number of carboxylic acid groups (broad SMARTS) is 1. The first-order valence-corrected chi connectivity index (χ1v) is 6.27. The van der Waals surface area contributed by atoms with E-state index in [0.717, 1.165) is 5.39 Å². The van der Waals surface area contributed by atoms with Crippen LogP contribution in [0.15, 0.2) is 28.7 Å². The molecule has 0 saturated carbocycles. The smallest absolute Gasteiger partial charge is 0.372 e. The highest BCUT2D eigenvalue weighted by molar-refractivity contribution is 5.95. The van der Waals surface area contributed by atoms with Crippen molar-refractivity contribution in [2.24, 2.45) is 5.73 Å². The first kappa shape index (κ1) is 14.1. The highest BCUT2D eigenvalue weighted by atomic mass is 16.4. The van der Waals surface area contributed by atoms with Crippen molar-refractivity contribution in [1.82, 2.24) is 4.90 Å². The number of furan rings is 1. The number of aromatic carboxylic acids is 1. The van der Waals surface area contributed by atoms with Crippen LogP contribution in [0.3, 0.4) is 0 Å². The molecule has 20 heavy (non-hydrogen) atoms. The third-order valence-electron chi connectivity index (χ3n) is 3.10. The van der Waals surface area contributed by atoms with Gasteiger partial charge in [-0.15, -0.1) is 0 Å². The van der Waals surface area contributed by atoms with Gasteiger partial charge in [-0.25, -0.2) is 4.79 Å². The minimum atomic E-state index is -1.12. The monoisotopic (exact) mass is 276 g/mol. The van der Waals surface area contributed by atoms with Gasteiger partial charge in [0.15, 0.2) is 0 Å². The molecule has 1 aromatic carbocycles. The average Bonchev–Trinajstić information content (AvgIpc) is 2.76. The normalized spacial score (nSPS) is 11.1. The summed E-state index contributed by atoms with van der Waals surface area (Å²) in [4.78, 5) is 24.1. The van der Waals surface area contributed by atoms with E-state index in [9.17, 15) is 14.7 Å². The van der Waals surface area contributed by atoms with Gasteiger partial charge in [0.1, 0.15) is 5.58 Å². The summed E-state index contributed by atoms with van der Waals surface area (Å²) in [6, 6.07) is 7.12. The van der Waals surface area contributed by atoms with Gasteiger partial charge >= 0.3 is 5.97 Å². The zero-order valence-electron chi connectivity index (χ0n) is 11.1. The molecule has 1 aromatic heterocycles. The molecule has 6 heteroatoms. The fraction of sp³-hybridized carbons (Fsp3) is 0.286. The Morgan fingerprint density at radius 3 is 2.65 bits per heavy atom. The van der Waals surface area contributed by atoms with Crippen LogP contribution in [-0.4, -0.2) is 35.0 Å². The fourth-order valence-corrected chi connectivity index (χ4v) is 2.15. The lowest BCUT2D eigenvalue weighted by atomic mass is 10.1. The predicted molar refractivity (Wildman–Crippen MR) is 73.3 cm³/mol. The molecule has 106 valence electrons. The Morgan fingerprint density at radius 1 is 1.35 bits per heavy atom. The van der Waals surface area contributed by atoms with Crippen LogP contribution in [0.5, 0.6) is 0 Å². The summed E-state index contributed by atoms with van der Waals surface area (Å²) >= 11 is 0. The molecule has 0 radical (unpaired) electrons. The van der Waals surface area contributed by atoms with Gasteiger partial charge < -0.3 is 15.3 Å². The summed E-state index contributed by atoms with van der Waals surface area (Å²) in [5, 5.41) is 9.97. The molecule has 0 unspecified atom stereocenters. The highest BCUT2D eigenvalue weighted by Crippen LogP contribution is 2.27. The Balaban J connectivity index is 2.43. The summed E-state index contributed by atoms with van der Waals surface area (Å²) in [7, 11) is 0. The van der Waals surface area contributed by atoms with Gasteiger partial charge in [-0.2, -0.15) is 0 Å². The van der Waals surface area contributed by atoms with E-state index in [1.807, 2.05) is 13.0 Å². The summed E-state index contributed by atoms with van der Waals surface area (Å²) in [6.07, 6.45) is 0. The largest absolute Gasteiger partial charge is 0.475 e. The van der Waals surface area contributed by atoms with Gasteiger partial charge in [0, 0.05) is 17.5 Å². The lowest BCUT2D eigenvalue weighted by Crippen LogP contribution is -2.33. The molecule has 2 aromatic rings. The fourth-order valence-electron chi connectivity index (χ4n) is 2.15. The number of rotatable bonds is 6. The lowest BCUT2D eigenvalue weighted by molar-refractivity contribution is -0.119. The molecule has 1 amide bonds. The maximum Gasteiger partial charge on any atom is 0.372 e. The number of carboxylic acids is 1. The van der Waals surface area contributed by atoms with E-state index in [1.54, 1.807) is 23.1 Å². The third-order valence-corrected chi connectivity index (χ3v) is 3.10. The molecule has 6 nitrogen and oxygen atoms in total. The van der Waals surface area contributed by atoms with Crippen LogP contribution >= 0.6 is 0 Å². The van der Waals surface area contributed by atoms with Gasteiger partial charge in [-0.3, -0.25) is 9.69 Å². The zero-order valence-corrected chi connectivity index (χ0v) is 11.1. The van der Waals surface area contributed by atoms with Crippen molar-refractivity contribution in [3.05, 3.63) is 35.6 Å². The Morgan fingerprint density at radius 2 is 2.05 bits per heavy atom. The number of hydrogen-bond donors (Lipinski definition) is 2. The Bertz CT molecular complexity index is 648. The van der Waals surface area contributed by atoms with Crippen LogP contribution in [0, 0.1) is 0 Å². The first-order chi connectivity index (χ1) is 9.52. The number of hydrogen-bond acceptors (Lipinski definition) is 4. The zero-order chi connectivity index (χ0) is 14.7. The van der Waals surface area contributed by atoms with E-state index in [4.69, 9.17) is 10.2 Å². The highest BCUT2D eigenvalue weighted by Gasteiger charge is 2.21. The van der Waals surface area contributed by atoms with Crippen molar-refractivity contribution in [3.8, 4) is 0 Å². The van der Waals surface area contributed by atoms with Gasteiger partial charge in [0.05, 0.1) is 6.54 Å². The number of para-hydroxylation sites is 1. The third kappa shape index (κ3) is 2.80. The van der Waals surface area contributed by atoms with Crippen molar-refractivity contribution in [2.45, 2.75) is 13.5 Å². The first-order valence-electron chi connectivity index (χ1n) is 6.27. The quantitative estimate of drug-likeness (QED) is 0.832. The molecule has 0 saturated heterocycles. The van der Waals surface area contributed by atoms with Crippen LogP contribution < -0.4 is 5.73 Å². The van der Waals surface area contributed by atoms with E-state index < -0.39 is 11.9 Å². The number of likely N-dealkylation sites (N-methyl/N-ethyl adjacent to an activating group) is 1. The Hall–Kier alpha value is -2.34. The van der Waals surface area contributed by atoms with E-state index >= 15 is 0 Å². The second-order valence-corrected chi connectivity index (χ2v) is 4.48.